The Kier molecular flexibility index (Phi) is 2.04. The lowest BCUT2D eigenvalue weighted by Gasteiger charge is -1.95. The zero-order chi connectivity index (χ0) is 7.56. The van der Waals surface area contributed by atoms with Gasteiger partial charge in [0.25, 0.3) is 6.33 Å². The molecule has 10 heavy (non-hydrogen) atoms. The fourth-order valence-corrected chi connectivity index (χ4v) is 0.769. The van der Waals surface area contributed by atoms with Gasteiger partial charge in [-0.05, 0) is 20.8 Å². The standard InChI is InChI=1S/C7H14N3/c1-4-10-6-9(5-8-10)7(2)3/h5-7H,4H2,1-3H3/q+1. The third-order valence-corrected chi connectivity index (χ3v) is 1.52. The minimum absolute atomic E-state index is 0.514. The average molecular weight is 140 g/mol. The molecule has 0 fully saturated rings. The Morgan fingerprint density at radius 2 is 2.30 bits per heavy atom. The second-order valence-corrected chi connectivity index (χ2v) is 2.64. The second kappa shape index (κ2) is 2.82. The summed E-state index contributed by atoms with van der Waals surface area (Å²) in [5, 5.41) is 4.14. The molecule has 0 N–H and O–H groups in total. The highest BCUT2D eigenvalue weighted by atomic mass is 15.3. The molecule has 0 atom stereocenters. The van der Waals surface area contributed by atoms with E-state index in [1.165, 1.54) is 0 Å². The third-order valence-electron chi connectivity index (χ3n) is 1.52. The van der Waals surface area contributed by atoms with E-state index in [0.717, 1.165) is 6.54 Å². The van der Waals surface area contributed by atoms with E-state index in [1.807, 2.05) is 17.3 Å². The zero-order valence-corrected chi connectivity index (χ0v) is 6.78. The van der Waals surface area contributed by atoms with Crippen LogP contribution in [0.4, 0.5) is 0 Å². The molecule has 56 valence electrons. The zero-order valence-electron chi connectivity index (χ0n) is 6.78. The molecule has 3 heteroatoms. The lowest BCUT2D eigenvalue weighted by molar-refractivity contribution is -0.716. The fraction of sp³-hybridized carbons (Fsp3) is 0.714. The van der Waals surface area contributed by atoms with E-state index in [0.29, 0.717) is 6.04 Å². The summed E-state index contributed by atoms with van der Waals surface area (Å²) in [5.74, 6) is 0. The summed E-state index contributed by atoms with van der Waals surface area (Å²) in [6, 6.07) is 0.514. The highest BCUT2D eigenvalue weighted by Gasteiger charge is 2.05. The van der Waals surface area contributed by atoms with Gasteiger partial charge in [-0.3, -0.25) is 0 Å². The van der Waals surface area contributed by atoms with Crippen molar-refractivity contribution in [2.24, 2.45) is 0 Å². The summed E-state index contributed by atoms with van der Waals surface area (Å²) in [5.41, 5.74) is 0. The summed E-state index contributed by atoms with van der Waals surface area (Å²) in [4.78, 5) is 0. The van der Waals surface area contributed by atoms with Crippen molar-refractivity contribution in [3.63, 3.8) is 0 Å². The van der Waals surface area contributed by atoms with Gasteiger partial charge in [-0.25, -0.2) is 4.57 Å². The predicted molar refractivity (Wildman–Crippen MR) is 38.5 cm³/mol. The van der Waals surface area contributed by atoms with Gasteiger partial charge in [-0.15, -0.1) is 4.68 Å². The maximum atomic E-state index is 4.14. The summed E-state index contributed by atoms with van der Waals surface area (Å²) >= 11 is 0. The third kappa shape index (κ3) is 1.35. The van der Waals surface area contributed by atoms with E-state index >= 15 is 0 Å². The van der Waals surface area contributed by atoms with Crippen LogP contribution in [0.1, 0.15) is 26.8 Å². The van der Waals surface area contributed by atoms with E-state index in [4.69, 9.17) is 0 Å². The van der Waals surface area contributed by atoms with Crippen molar-refractivity contribution in [3.05, 3.63) is 12.7 Å². The van der Waals surface area contributed by atoms with Crippen LogP contribution in [0.15, 0.2) is 12.7 Å². The van der Waals surface area contributed by atoms with Crippen LogP contribution in [0.2, 0.25) is 0 Å². The smallest absolute Gasteiger partial charge is 0.235 e. The van der Waals surface area contributed by atoms with Gasteiger partial charge in [0.2, 0.25) is 6.33 Å². The molecule has 0 spiro atoms. The Morgan fingerprint density at radius 1 is 1.60 bits per heavy atom. The molecule has 0 aliphatic heterocycles. The Bertz CT molecular complexity index is 202. The van der Waals surface area contributed by atoms with Crippen molar-refractivity contribution < 1.29 is 4.57 Å². The quantitative estimate of drug-likeness (QED) is 0.556. The molecule has 3 nitrogen and oxygen atoms in total. The highest BCUT2D eigenvalue weighted by Crippen LogP contribution is 1.88. The summed E-state index contributed by atoms with van der Waals surface area (Å²) in [7, 11) is 0. The molecule has 0 aromatic carbocycles. The minimum atomic E-state index is 0.514. The summed E-state index contributed by atoms with van der Waals surface area (Å²) in [6.07, 6.45) is 3.87. The first-order valence-electron chi connectivity index (χ1n) is 3.67. The Balaban J connectivity index is 2.78. The van der Waals surface area contributed by atoms with Crippen molar-refractivity contribution in [2.75, 3.05) is 0 Å². The van der Waals surface area contributed by atoms with Gasteiger partial charge in [-0.1, -0.05) is 0 Å². The lowest BCUT2D eigenvalue weighted by Crippen LogP contribution is -2.33. The number of hydrogen-bond acceptors (Lipinski definition) is 1. The molecule has 0 radical (unpaired) electrons. The summed E-state index contributed by atoms with van der Waals surface area (Å²) in [6.45, 7) is 7.31. The van der Waals surface area contributed by atoms with Crippen molar-refractivity contribution in [3.8, 4) is 0 Å². The largest absolute Gasteiger partial charge is 0.265 e. The highest BCUT2D eigenvalue weighted by molar-refractivity contribution is 4.44. The maximum Gasteiger partial charge on any atom is 0.265 e. The number of hydrogen-bond donors (Lipinski definition) is 0. The van der Waals surface area contributed by atoms with Gasteiger partial charge < -0.3 is 0 Å². The van der Waals surface area contributed by atoms with Crippen molar-refractivity contribution >= 4 is 0 Å². The van der Waals surface area contributed by atoms with Crippen LogP contribution in [-0.2, 0) is 6.54 Å². The van der Waals surface area contributed by atoms with E-state index in [-0.39, 0.29) is 0 Å². The molecule has 1 rings (SSSR count). The molecule has 0 aliphatic rings. The van der Waals surface area contributed by atoms with Gasteiger partial charge >= 0.3 is 0 Å². The van der Waals surface area contributed by atoms with Gasteiger partial charge in [0.1, 0.15) is 6.54 Å². The van der Waals surface area contributed by atoms with E-state index < -0.39 is 0 Å². The van der Waals surface area contributed by atoms with Crippen LogP contribution in [0.5, 0.6) is 0 Å². The van der Waals surface area contributed by atoms with Crippen LogP contribution in [0.25, 0.3) is 0 Å². The van der Waals surface area contributed by atoms with Gasteiger partial charge in [0.15, 0.2) is 0 Å². The molecular formula is C7H14N3+. The van der Waals surface area contributed by atoms with Crippen LogP contribution in [-0.4, -0.2) is 9.78 Å². The fourth-order valence-electron chi connectivity index (χ4n) is 0.769. The Morgan fingerprint density at radius 3 is 2.60 bits per heavy atom. The monoisotopic (exact) mass is 140 g/mol. The van der Waals surface area contributed by atoms with E-state index in [9.17, 15) is 0 Å². The molecule has 0 amide bonds. The minimum Gasteiger partial charge on any atom is -0.235 e. The maximum absolute atomic E-state index is 4.14. The van der Waals surface area contributed by atoms with Crippen molar-refractivity contribution in [2.45, 2.75) is 33.4 Å². The van der Waals surface area contributed by atoms with Crippen molar-refractivity contribution in [1.29, 1.82) is 0 Å². The van der Waals surface area contributed by atoms with Gasteiger partial charge in [0.05, 0.1) is 6.04 Å². The molecule has 0 saturated carbocycles. The van der Waals surface area contributed by atoms with Crippen LogP contribution >= 0.6 is 0 Å². The SMILES string of the molecule is CCn1c[n+](C(C)C)cn1. The molecular weight excluding hydrogens is 126 g/mol. The van der Waals surface area contributed by atoms with Crippen LogP contribution in [0.3, 0.4) is 0 Å². The molecule has 0 unspecified atom stereocenters. The normalized spacial score (nSPS) is 10.8. The first-order valence-corrected chi connectivity index (χ1v) is 3.67. The van der Waals surface area contributed by atoms with Crippen LogP contribution < -0.4 is 4.57 Å². The molecule has 1 aromatic heterocycles. The van der Waals surface area contributed by atoms with E-state index in [2.05, 4.69) is 30.4 Å². The molecule has 0 saturated heterocycles. The number of aryl methyl sites for hydroxylation is 1. The molecule has 1 heterocycles. The predicted octanol–water partition coefficient (Wildman–Crippen LogP) is 0.771. The topological polar surface area (TPSA) is 21.7 Å². The van der Waals surface area contributed by atoms with E-state index in [1.54, 1.807) is 0 Å². The summed E-state index contributed by atoms with van der Waals surface area (Å²) < 4.78 is 4.00. The van der Waals surface area contributed by atoms with Gasteiger partial charge in [0, 0.05) is 5.10 Å². The van der Waals surface area contributed by atoms with Crippen molar-refractivity contribution in [1.82, 2.24) is 9.78 Å². The number of rotatable bonds is 2. The molecule has 0 bridgehead atoms. The molecule has 0 aliphatic carbocycles. The first kappa shape index (κ1) is 7.25. The second-order valence-electron chi connectivity index (χ2n) is 2.64. The average Bonchev–Trinajstić information content (AvgIpc) is 2.34. The molecule has 1 aromatic rings. The Labute approximate surface area is 61.3 Å². The number of nitrogens with zero attached hydrogens (tertiary/aromatic N) is 3. The first-order chi connectivity index (χ1) is 4.74. The Hall–Kier alpha value is -0.860. The number of aromatic nitrogens is 3. The lowest BCUT2D eigenvalue weighted by atomic mass is 10.4. The van der Waals surface area contributed by atoms with Gasteiger partial charge in [-0.2, -0.15) is 0 Å². The van der Waals surface area contributed by atoms with Crippen LogP contribution in [0, 0.1) is 0 Å².